The molecule has 0 spiro atoms. The van der Waals surface area contributed by atoms with Crippen LogP contribution in [-0.4, -0.2) is 27.8 Å². The van der Waals surface area contributed by atoms with Gasteiger partial charge in [0.05, 0.1) is 10.6 Å². The minimum Gasteiger partial charge on any atom is -0.320 e. The maximum atomic E-state index is 11.7. The van der Waals surface area contributed by atoms with Crippen molar-refractivity contribution in [3.63, 3.8) is 0 Å². The summed E-state index contributed by atoms with van der Waals surface area (Å²) in [5, 5.41) is 2.93. The molecule has 0 fully saturated rings. The predicted molar refractivity (Wildman–Crippen MR) is 57.0 cm³/mol. The Morgan fingerprint density at radius 3 is 2.43 bits per heavy atom. The van der Waals surface area contributed by atoms with Crippen LogP contribution in [-0.2, 0) is 9.84 Å². The van der Waals surface area contributed by atoms with Crippen LogP contribution in [0.1, 0.15) is 6.42 Å². The van der Waals surface area contributed by atoms with E-state index < -0.39 is 9.84 Å². The lowest BCUT2D eigenvalue weighted by Crippen LogP contribution is -2.14. The third kappa shape index (κ3) is 3.12. The van der Waals surface area contributed by atoms with Gasteiger partial charge in [0.15, 0.2) is 9.84 Å². The first kappa shape index (κ1) is 11.2. The number of rotatable bonds is 5. The van der Waals surface area contributed by atoms with Crippen LogP contribution in [0, 0.1) is 0 Å². The first-order chi connectivity index (χ1) is 6.67. The molecule has 0 heterocycles. The van der Waals surface area contributed by atoms with Crippen molar-refractivity contribution in [2.75, 3.05) is 19.3 Å². The molecule has 0 aliphatic carbocycles. The average molecular weight is 213 g/mol. The lowest BCUT2D eigenvalue weighted by atomic mass is 10.4. The van der Waals surface area contributed by atoms with Gasteiger partial charge in [0.1, 0.15) is 0 Å². The van der Waals surface area contributed by atoms with Crippen molar-refractivity contribution < 1.29 is 8.42 Å². The van der Waals surface area contributed by atoms with Gasteiger partial charge in [-0.3, -0.25) is 0 Å². The SMILES string of the molecule is CNCCCS(=O)(=O)c1ccccc1. The molecule has 0 radical (unpaired) electrons. The highest BCUT2D eigenvalue weighted by Gasteiger charge is 2.12. The van der Waals surface area contributed by atoms with Crippen LogP contribution < -0.4 is 5.32 Å². The summed E-state index contributed by atoms with van der Waals surface area (Å²) in [6.45, 7) is 0.728. The Morgan fingerprint density at radius 1 is 1.21 bits per heavy atom. The van der Waals surface area contributed by atoms with Crippen LogP contribution >= 0.6 is 0 Å². The van der Waals surface area contributed by atoms with E-state index in [2.05, 4.69) is 5.32 Å². The third-order valence-electron chi connectivity index (χ3n) is 1.94. The second-order valence-corrected chi connectivity index (χ2v) is 5.20. The van der Waals surface area contributed by atoms with E-state index >= 15 is 0 Å². The van der Waals surface area contributed by atoms with Gasteiger partial charge in [0.2, 0.25) is 0 Å². The minimum absolute atomic E-state index is 0.206. The number of benzene rings is 1. The fraction of sp³-hybridized carbons (Fsp3) is 0.400. The molecule has 14 heavy (non-hydrogen) atoms. The molecular weight excluding hydrogens is 198 g/mol. The molecule has 1 rings (SSSR count). The molecule has 0 unspecified atom stereocenters. The van der Waals surface area contributed by atoms with Gasteiger partial charge in [-0.1, -0.05) is 18.2 Å². The van der Waals surface area contributed by atoms with Crippen LogP contribution in [0.2, 0.25) is 0 Å². The Balaban J connectivity index is 2.67. The standard InChI is InChI=1S/C10H15NO2S/c1-11-8-5-9-14(12,13)10-6-3-2-4-7-10/h2-4,6-7,11H,5,8-9H2,1H3. The van der Waals surface area contributed by atoms with Crippen LogP contribution in [0.15, 0.2) is 35.2 Å². The van der Waals surface area contributed by atoms with E-state index in [9.17, 15) is 8.42 Å². The van der Waals surface area contributed by atoms with Crippen LogP contribution in [0.4, 0.5) is 0 Å². The molecule has 1 aromatic rings. The van der Waals surface area contributed by atoms with Crippen molar-refractivity contribution in [3.8, 4) is 0 Å². The molecule has 0 amide bonds. The molecule has 4 heteroatoms. The molecule has 0 saturated carbocycles. The lowest BCUT2D eigenvalue weighted by Gasteiger charge is -2.03. The molecule has 78 valence electrons. The van der Waals surface area contributed by atoms with Gasteiger partial charge in [0, 0.05) is 0 Å². The number of hydrogen-bond donors (Lipinski definition) is 1. The molecule has 0 atom stereocenters. The van der Waals surface area contributed by atoms with E-state index in [4.69, 9.17) is 0 Å². The molecule has 0 aromatic heterocycles. The summed E-state index contributed by atoms with van der Waals surface area (Å²) in [6, 6.07) is 8.56. The molecule has 0 aliphatic heterocycles. The normalized spacial score (nSPS) is 11.5. The molecule has 1 N–H and O–H groups in total. The van der Waals surface area contributed by atoms with E-state index in [1.807, 2.05) is 13.1 Å². The fourth-order valence-corrected chi connectivity index (χ4v) is 2.52. The van der Waals surface area contributed by atoms with Gasteiger partial charge in [-0.25, -0.2) is 8.42 Å². The number of hydrogen-bond acceptors (Lipinski definition) is 3. The molecule has 1 aromatic carbocycles. The summed E-state index contributed by atoms with van der Waals surface area (Å²) in [7, 11) is -1.26. The zero-order valence-corrected chi connectivity index (χ0v) is 9.05. The highest BCUT2D eigenvalue weighted by atomic mass is 32.2. The Morgan fingerprint density at radius 2 is 1.86 bits per heavy atom. The number of sulfone groups is 1. The Hall–Kier alpha value is -0.870. The van der Waals surface area contributed by atoms with Gasteiger partial charge in [-0.05, 0) is 32.1 Å². The van der Waals surface area contributed by atoms with Gasteiger partial charge in [-0.15, -0.1) is 0 Å². The molecule has 0 bridgehead atoms. The second kappa shape index (κ2) is 5.12. The summed E-state index contributed by atoms with van der Waals surface area (Å²) in [5.41, 5.74) is 0. The Kier molecular flexibility index (Phi) is 4.10. The Bertz CT molecular complexity index is 359. The summed E-state index contributed by atoms with van der Waals surface area (Å²) in [6.07, 6.45) is 0.647. The van der Waals surface area contributed by atoms with Crippen molar-refractivity contribution in [1.82, 2.24) is 5.32 Å². The van der Waals surface area contributed by atoms with Crippen LogP contribution in [0.25, 0.3) is 0 Å². The summed E-state index contributed by atoms with van der Waals surface area (Å²) < 4.78 is 23.4. The summed E-state index contributed by atoms with van der Waals surface area (Å²) in [4.78, 5) is 0.413. The molecular formula is C10H15NO2S. The lowest BCUT2D eigenvalue weighted by molar-refractivity contribution is 0.592. The molecule has 3 nitrogen and oxygen atoms in total. The zero-order valence-electron chi connectivity index (χ0n) is 8.23. The molecule has 0 saturated heterocycles. The summed E-state index contributed by atoms with van der Waals surface area (Å²) >= 11 is 0. The zero-order chi connectivity index (χ0) is 10.4. The van der Waals surface area contributed by atoms with E-state index in [0.717, 1.165) is 6.54 Å². The quantitative estimate of drug-likeness (QED) is 0.744. The first-order valence-corrected chi connectivity index (χ1v) is 6.24. The van der Waals surface area contributed by atoms with Crippen LogP contribution in [0.3, 0.4) is 0 Å². The van der Waals surface area contributed by atoms with Crippen molar-refractivity contribution in [3.05, 3.63) is 30.3 Å². The van der Waals surface area contributed by atoms with Crippen molar-refractivity contribution >= 4 is 9.84 Å². The van der Waals surface area contributed by atoms with Crippen LogP contribution in [0.5, 0.6) is 0 Å². The maximum Gasteiger partial charge on any atom is 0.178 e. The second-order valence-electron chi connectivity index (χ2n) is 3.09. The highest BCUT2D eigenvalue weighted by Crippen LogP contribution is 2.10. The van der Waals surface area contributed by atoms with Gasteiger partial charge in [-0.2, -0.15) is 0 Å². The monoisotopic (exact) mass is 213 g/mol. The fourth-order valence-electron chi connectivity index (χ4n) is 1.18. The predicted octanol–water partition coefficient (Wildman–Crippen LogP) is 1.07. The van der Waals surface area contributed by atoms with Crippen molar-refractivity contribution in [2.24, 2.45) is 0 Å². The van der Waals surface area contributed by atoms with Gasteiger partial charge in [0.25, 0.3) is 0 Å². The van der Waals surface area contributed by atoms with Gasteiger partial charge >= 0.3 is 0 Å². The van der Waals surface area contributed by atoms with Crippen molar-refractivity contribution in [2.45, 2.75) is 11.3 Å². The third-order valence-corrected chi connectivity index (χ3v) is 3.76. The minimum atomic E-state index is -3.07. The van der Waals surface area contributed by atoms with E-state index in [0.29, 0.717) is 11.3 Å². The van der Waals surface area contributed by atoms with E-state index in [1.54, 1.807) is 24.3 Å². The topological polar surface area (TPSA) is 46.2 Å². The smallest absolute Gasteiger partial charge is 0.178 e. The summed E-state index contributed by atoms with van der Waals surface area (Å²) in [5.74, 6) is 0.206. The highest BCUT2D eigenvalue weighted by molar-refractivity contribution is 7.91. The number of nitrogens with one attached hydrogen (secondary N) is 1. The van der Waals surface area contributed by atoms with E-state index in [1.165, 1.54) is 0 Å². The van der Waals surface area contributed by atoms with Crippen molar-refractivity contribution in [1.29, 1.82) is 0 Å². The average Bonchev–Trinajstić information content (AvgIpc) is 2.19. The molecule has 0 aliphatic rings. The first-order valence-electron chi connectivity index (χ1n) is 4.59. The van der Waals surface area contributed by atoms with Gasteiger partial charge < -0.3 is 5.32 Å². The maximum absolute atomic E-state index is 11.7. The van der Waals surface area contributed by atoms with E-state index in [-0.39, 0.29) is 5.75 Å². The Labute approximate surface area is 85.1 Å². The largest absolute Gasteiger partial charge is 0.320 e.